The van der Waals surface area contributed by atoms with Gasteiger partial charge in [0, 0.05) is 18.1 Å². The number of aryl methyl sites for hydroxylation is 1. The highest BCUT2D eigenvalue weighted by Crippen LogP contribution is 2.29. The molecule has 0 aromatic heterocycles. The minimum Gasteiger partial charge on any atom is -0.495 e. The molecule has 3 rings (SSSR count). The second-order valence-electron chi connectivity index (χ2n) is 7.44. The highest BCUT2D eigenvalue weighted by atomic mass is 35.5. The van der Waals surface area contributed by atoms with E-state index in [9.17, 15) is 13.2 Å². The molecule has 0 spiro atoms. The molecule has 30 heavy (non-hydrogen) atoms. The third-order valence-corrected chi connectivity index (χ3v) is 7.44. The average Bonchev–Trinajstić information content (AvgIpc) is 2.74. The molecule has 0 unspecified atom stereocenters. The van der Waals surface area contributed by atoms with Gasteiger partial charge < -0.3 is 10.1 Å². The van der Waals surface area contributed by atoms with E-state index in [1.807, 2.05) is 30.3 Å². The van der Waals surface area contributed by atoms with E-state index >= 15 is 0 Å². The van der Waals surface area contributed by atoms with E-state index in [-0.39, 0.29) is 18.2 Å². The fraction of sp³-hybridized carbons (Fsp3) is 0.409. The van der Waals surface area contributed by atoms with Crippen molar-refractivity contribution >= 4 is 33.2 Å². The van der Waals surface area contributed by atoms with Gasteiger partial charge in [0.2, 0.25) is 15.9 Å². The van der Waals surface area contributed by atoms with Gasteiger partial charge in [-0.25, -0.2) is 12.7 Å². The molecule has 1 aliphatic heterocycles. The number of carbonyl (C=O) groups is 1. The van der Waals surface area contributed by atoms with Crippen LogP contribution < -0.4 is 10.1 Å². The summed E-state index contributed by atoms with van der Waals surface area (Å²) in [6.45, 7) is 0.653. The van der Waals surface area contributed by atoms with Gasteiger partial charge in [0.25, 0.3) is 0 Å². The highest BCUT2D eigenvalue weighted by Gasteiger charge is 2.32. The van der Waals surface area contributed by atoms with Crippen LogP contribution in [0.3, 0.4) is 0 Å². The minimum atomic E-state index is -3.40. The topological polar surface area (TPSA) is 75.7 Å². The predicted octanol–water partition coefficient (Wildman–Crippen LogP) is 3.96. The van der Waals surface area contributed by atoms with Crippen LogP contribution in [-0.2, 0) is 21.2 Å². The van der Waals surface area contributed by atoms with Crippen molar-refractivity contribution in [3.05, 3.63) is 59.1 Å². The predicted molar refractivity (Wildman–Crippen MR) is 119 cm³/mol. The molecular weight excluding hydrogens is 424 g/mol. The Kier molecular flexibility index (Phi) is 7.75. The lowest BCUT2D eigenvalue weighted by Gasteiger charge is -2.31. The zero-order valence-corrected chi connectivity index (χ0v) is 18.6. The lowest BCUT2D eigenvalue weighted by Crippen LogP contribution is -2.44. The number of rotatable bonds is 8. The quantitative estimate of drug-likeness (QED) is 0.660. The van der Waals surface area contributed by atoms with Gasteiger partial charge in [0.15, 0.2) is 0 Å². The molecule has 0 saturated carbocycles. The van der Waals surface area contributed by atoms with Gasteiger partial charge in [-0.3, -0.25) is 4.79 Å². The molecule has 1 amide bonds. The van der Waals surface area contributed by atoms with Crippen molar-refractivity contribution < 1.29 is 17.9 Å². The Balaban J connectivity index is 1.58. The first kappa shape index (κ1) is 22.6. The Hall–Kier alpha value is -2.09. The van der Waals surface area contributed by atoms with Crippen LogP contribution in [0.5, 0.6) is 5.75 Å². The molecule has 2 aromatic rings. The summed E-state index contributed by atoms with van der Waals surface area (Å²) < 4.78 is 32.3. The van der Waals surface area contributed by atoms with Crippen molar-refractivity contribution in [3.8, 4) is 5.75 Å². The van der Waals surface area contributed by atoms with Crippen molar-refractivity contribution in [1.29, 1.82) is 0 Å². The first-order valence-electron chi connectivity index (χ1n) is 10.0. The molecule has 1 saturated heterocycles. The Morgan fingerprint density at radius 1 is 1.23 bits per heavy atom. The molecule has 1 N–H and O–H groups in total. The summed E-state index contributed by atoms with van der Waals surface area (Å²) >= 11 is 6.02. The molecule has 1 fully saturated rings. The lowest BCUT2D eigenvalue weighted by atomic mass is 9.98. The van der Waals surface area contributed by atoms with E-state index < -0.39 is 15.9 Å². The second kappa shape index (κ2) is 10.3. The van der Waals surface area contributed by atoms with E-state index in [0.717, 1.165) is 5.56 Å². The fourth-order valence-electron chi connectivity index (χ4n) is 3.65. The largest absolute Gasteiger partial charge is 0.495 e. The number of carbonyl (C=O) groups excluding carboxylic acids is 1. The molecule has 1 atom stereocenters. The number of halogens is 1. The highest BCUT2D eigenvalue weighted by molar-refractivity contribution is 7.89. The second-order valence-corrected chi connectivity index (χ2v) is 9.96. The van der Waals surface area contributed by atoms with Crippen LogP contribution in [0, 0.1) is 5.92 Å². The number of piperidine rings is 1. The van der Waals surface area contributed by atoms with E-state index in [2.05, 4.69) is 5.32 Å². The van der Waals surface area contributed by atoms with Crippen LogP contribution in [0.15, 0.2) is 48.5 Å². The summed E-state index contributed by atoms with van der Waals surface area (Å²) in [6, 6.07) is 14.8. The summed E-state index contributed by atoms with van der Waals surface area (Å²) in [4.78, 5) is 12.8. The molecule has 6 nitrogen and oxygen atoms in total. The van der Waals surface area contributed by atoms with Gasteiger partial charge in [-0.2, -0.15) is 0 Å². The van der Waals surface area contributed by atoms with E-state index in [4.69, 9.17) is 16.3 Å². The zero-order valence-electron chi connectivity index (χ0n) is 17.0. The monoisotopic (exact) mass is 450 g/mol. The van der Waals surface area contributed by atoms with Gasteiger partial charge in [-0.15, -0.1) is 0 Å². The molecule has 0 aliphatic carbocycles. The Labute approximate surface area is 183 Å². The fourth-order valence-corrected chi connectivity index (χ4v) is 5.41. The van der Waals surface area contributed by atoms with E-state index in [0.29, 0.717) is 48.7 Å². The first-order valence-corrected chi connectivity index (χ1v) is 12.0. The molecule has 1 heterocycles. The van der Waals surface area contributed by atoms with Crippen LogP contribution in [0.25, 0.3) is 0 Å². The smallest absolute Gasteiger partial charge is 0.228 e. The molecule has 0 radical (unpaired) electrons. The van der Waals surface area contributed by atoms with Crippen molar-refractivity contribution in [2.45, 2.75) is 25.7 Å². The van der Waals surface area contributed by atoms with Gasteiger partial charge in [-0.1, -0.05) is 41.9 Å². The standard InChI is InChI=1S/C22H27ClN2O4S/c1-29-21-12-11-19(23)15-20(21)24-22(26)18-10-5-13-25(16-18)30(27,28)14-6-9-17-7-3-2-4-8-17/h2-4,7-8,11-12,15,18H,5-6,9-10,13-14,16H2,1H3,(H,24,26)/t18-/m1/s1. The number of sulfonamides is 1. The van der Waals surface area contributed by atoms with Crippen molar-refractivity contribution in [2.75, 3.05) is 31.3 Å². The van der Waals surface area contributed by atoms with Crippen molar-refractivity contribution in [1.82, 2.24) is 4.31 Å². The summed E-state index contributed by atoms with van der Waals surface area (Å²) in [6.07, 6.45) is 2.57. The molecule has 8 heteroatoms. The maximum absolute atomic E-state index is 12.8. The first-order chi connectivity index (χ1) is 14.4. The number of benzene rings is 2. The van der Waals surface area contributed by atoms with Gasteiger partial charge in [-0.05, 0) is 49.4 Å². The maximum Gasteiger partial charge on any atom is 0.228 e. The Bertz CT molecular complexity index is 966. The number of methoxy groups -OCH3 is 1. The number of nitrogens with zero attached hydrogens (tertiary/aromatic N) is 1. The normalized spacial score (nSPS) is 17.5. The minimum absolute atomic E-state index is 0.0817. The van der Waals surface area contributed by atoms with Crippen LogP contribution in [0.4, 0.5) is 5.69 Å². The average molecular weight is 451 g/mol. The van der Waals surface area contributed by atoms with Crippen LogP contribution in [-0.4, -0.2) is 44.6 Å². The van der Waals surface area contributed by atoms with Gasteiger partial charge >= 0.3 is 0 Å². The maximum atomic E-state index is 12.8. The zero-order chi connectivity index (χ0) is 21.6. The summed E-state index contributed by atoms with van der Waals surface area (Å²) in [5.41, 5.74) is 1.61. The Morgan fingerprint density at radius 2 is 2.00 bits per heavy atom. The third-order valence-electron chi connectivity index (χ3n) is 5.28. The number of amides is 1. The van der Waals surface area contributed by atoms with Crippen molar-refractivity contribution in [2.24, 2.45) is 5.92 Å². The van der Waals surface area contributed by atoms with Crippen LogP contribution >= 0.6 is 11.6 Å². The Morgan fingerprint density at radius 3 is 2.73 bits per heavy atom. The van der Waals surface area contributed by atoms with Crippen LogP contribution in [0.1, 0.15) is 24.8 Å². The summed E-state index contributed by atoms with van der Waals surface area (Å²) in [5.74, 6) is -0.0433. The van der Waals surface area contributed by atoms with Crippen molar-refractivity contribution in [3.63, 3.8) is 0 Å². The third kappa shape index (κ3) is 5.97. The number of anilines is 1. The SMILES string of the molecule is COc1ccc(Cl)cc1NC(=O)[C@@H]1CCCN(S(=O)(=O)CCCc2ccccc2)C1. The number of hydrogen-bond donors (Lipinski definition) is 1. The van der Waals surface area contributed by atoms with Crippen LogP contribution in [0.2, 0.25) is 5.02 Å². The lowest BCUT2D eigenvalue weighted by molar-refractivity contribution is -0.120. The van der Waals surface area contributed by atoms with E-state index in [1.54, 1.807) is 18.2 Å². The number of hydrogen-bond acceptors (Lipinski definition) is 4. The molecule has 0 bridgehead atoms. The number of ether oxygens (including phenoxy) is 1. The molecule has 162 valence electrons. The molecule has 2 aromatic carbocycles. The number of nitrogens with one attached hydrogen (secondary N) is 1. The van der Waals surface area contributed by atoms with E-state index in [1.165, 1.54) is 11.4 Å². The summed E-state index contributed by atoms with van der Waals surface area (Å²) in [5, 5.41) is 3.32. The van der Waals surface area contributed by atoms with Gasteiger partial charge in [0.05, 0.1) is 24.5 Å². The molecular formula is C22H27ClN2O4S. The summed E-state index contributed by atoms with van der Waals surface area (Å²) in [7, 11) is -1.89. The molecule has 1 aliphatic rings. The van der Waals surface area contributed by atoms with Gasteiger partial charge in [0.1, 0.15) is 5.75 Å².